The van der Waals surface area contributed by atoms with Gasteiger partial charge in [0.1, 0.15) is 6.10 Å². The molecule has 1 aliphatic heterocycles. The Morgan fingerprint density at radius 2 is 1.42 bits per heavy atom. The Morgan fingerprint density at radius 1 is 0.839 bits per heavy atom. The molecule has 0 N–H and O–H groups in total. The van der Waals surface area contributed by atoms with Gasteiger partial charge in [-0.05, 0) is 44.7 Å². The zero-order valence-corrected chi connectivity index (χ0v) is 20.4. The second-order valence-electron chi connectivity index (χ2n) is 8.78. The van der Waals surface area contributed by atoms with Crippen LogP contribution in [-0.4, -0.2) is 27.2 Å². The highest BCUT2D eigenvalue weighted by Gasteiger charge is 2.39. The molecule has 0 bridgehead atoms. The lowest BCUT2D eigenvalue weighted by Gasteiger charge is -2.04. The van der Waals surface area contributed by atoms with Crippen molar-refractivity contribution >= 4 is 10.1 Å². The lowest BCUT2D eigenvalue weighted by atomic mass is 10.1. The van der Waals surface area contributed by atoms with Gasteiger partial charge in [0.25, 0.3) is 10.1 Å². The summed E-state index contributed by atoms with van der Waals surface area (Å²) in [6, 6.07) is 6.70. The van der Waals surface area contributed by atoms with Gasteiger partial charge >= 0.3 is 0 Å². The maximum atomic E-state index is 12.2. The molecule has 2 atom stereocenters. The van der Waals surface area contributed by atoms with Crippen LogP contribution in [0, 0.1) is 6.92 Å². The molecule has 1 heterocycles. The first-order valence-electron chi connectivity index (χ1n) is 12.3. The number of benzene rings is 1. The average molecular weight is 451 g/mol. The molecule has 0 radical (unpaired) electrons. The Kier molecular flexibility index (Phi) is 12.5. The van der Waals surface area contributed by atoms with Crippen LogP contribution in [0.4, 0.5) is 0 Å². The van der Waals surface area contributed by atoms with Gasteiger partial charge < -0.3 is 4.74 Å². The molecule has 0 spiro atoms. The van der Waals surface area contributed by atoms with Crippen molar-refractivity contribution in [3.8, 4) is 0 Å². The van der Waals surface area contributed by atoms with E-state index in [9.17, 15) is 8.42 Å². The van der Waals surface area contributed by atoms with Crippen molar-refractivity contribution in [1.29, 1.82) is 0 Å². The fraction of sp³-hybridized carbons (Fsp3) is 0.692. The molecule has 1 aromatic rings. The molecule has 0 aliphatic carbocycles. The van der Waals surface area contributed by atoms with E-state index >= 15 is 0 Å². The molecule has 5 heteroatoms. The summed E-state index contributed by atoms with van der Waals surface area (Å²) in [7, 11) is -3.70. The molecule has 1 aliphatic rings. The fourth-order valence-electron chi connectivity index (χ4n) is 3.76. The molecular weight excluding hydrogens is 408 g/mol. The van der Waals surface area contributed by atoms with Crippen LogP contribution in [0.2, 0.25) is 0 Å². The van der Waals surface area contributed by atoms with Gasteiger partial charge in [0, 0.05) is 0 Å². The van der Waals surface area contributed by atoms with E-state index in [1.165, 1.54) is 64.2 Å². The van der Waals surface area contributed by atoms with Crippen LogP contribution in [0.1, 0.15) is 96.0 Å². The minimum absolute atomic E-state index is 0.100. The third-order valence-electron chi connectivity index (χ3n) is 5.89. The molecule has 4 nitrogen and oxygen atoms in total. The quantitative estimate of drug-likeness (QED) is 0.103. The molecule has 0 aromatic heterocycles. The minimum Gasteiger partial charge on any atom is -0.367 e. The molecule has 2 rings (SSSR count). The lowest BCUT2D eigenvalue weighted by molar-refractivity contribution is 0.263. The molecule has 1 fully saturated rings. The third-order valence-corrected chi connectivity index (χ3v) is 7.19. The third kappa shape index (κ3) is 11.3. The molecule has 176 valence electrons. The summed E-state index contributed by atoms with van der Waals surface area (Å²) in [5, 5.41) is 0. The van der Waals surface area contributed by atoms with Crippen LogP contribution in [0.25, 0.3) is 0 Å². The van der Waals surface area contributed by atoms with Crippen LogP contribution >= 0.6 is 0 Å². The summed E-state index contributed by atoms with van der Waals surface area (Å²) in [5.41, 5.74) is 1.02. The largest absolute Gasteiger partial charge is 0.367 e. The summed E-state index contributed by atoms with van der Waals surface area (Å²) in [4.78, 5) is 0.199. The van der Waals surface area contributed by atoms with Crippen LogP contribution < -0.4 is 0 Å². The van der Waals surface area contributed by atoms with Crippen molar-refractivity contribution < 1.29 is 17.3 Å². The highest BCUT2D eigenvalue weighted by molar-refractivity contribution is 7.86. The van der Waals surface area contributed by atoms with Gasteiger partial charge in [0.2, 0.25) is 0 Å². The van der Waals surface area contributed by atoms with Crippen LogP contribution in [0.15, 0.2) is 41.3 Å². The predicted octanol–water partition coefficient (Wildman–Crippen LogP) is 7.12. The number of allylic oxidation sites excluding steroid dienone is 2. The summed E-state index contributed by atoms with van der Waals surface area (Å²) in [6.45, 7) is 4.29. The number of hydrogen-bond acceptors (Lipinski definition) is 4. The van der Waals surface area contributed by atoms with Gasteiger partial charge in [0.05, 0.1) is 17.6 Å². The summed E-state index contributed by atoms with van der Waals surface area (Å²) in [5.74, 6) is 0. The van der Waals surface area contributed by atoms with Crippen molar-refractivity contribution in [3.05, 3.63) is 42.0 Å². The van der Waals surface area contributed by atoms with Crippen LogP contribution in [0.5, 0.6) is 0 Å². The molecule has 0 saturated carbocycles. The van der Waals surface area contributed by atoms with Crippen molar-refractivity contribution in [3.63, 3.8) is 0 Å². The van der Waals surface area contributed by atoms with E-state index < -0.39 is 10.1 Å². The van der Waals surface area contributed by atoms with Gasteiger partial charge in [-0.3, -0.25) is 4.18 Å². The van der Waals surface area contributed by atoms with Crippen molar-refractivity contribution in [2.24, 2.45) is 0 Å². The average Bonchev–Trinajstić information content (AvgIpc) is 3.51. The lowest BCUT2D eigenvalue weighted by Crippen LogP contribution is -2.12. The Hall–Kier alpha value is -1.17. The van der Waals surface area contributed by atoms with Crippen LogP contribution in [0.3, 0.4) is 0 Å². The molecule has 1 aromatic carbocycles. The number of rotatable bonds is 18. The van der Waals surface area contributed by atoms with E-state index in [1.807, 2.05) is 6.92 Å². The van der Waals surface area contributed by atoms with Crippen molar-refractivity contribution in [2.45, 2.75) is 114 Å². The van der Waals surface area contributed by atoms with Gasteiger partial charge in [-0.2, -0.15) is 8.42 Å². The highest BCUT2D eigenvalue weighted by atomic mass is 32.2. The van der Waals surface area contributed by atoms with E-state index in [0.717, 1.165) is 24.8 Å². The SMILES string of the molecule is CCCCCCCCCCCC/C=C/CC[C@@H]1O[C@H]1COS(=O)(=O)c1ccc(C)cc1. The first kappa shape index (κ1) is 26.1. The first-order valence-corrected chi connectivity index (χ1v) is 13.7. The van der Waals surface area contributed by atoms with Gasteiger partial charge in [-0.25, -0.2) is 0 Å². The van der Waals surface area contributed by atoms with Crippen molar-refractivity contribution in [2.75, 3.05) is 6.61 Å². The Balaban J connectivity index is 1.42. The molecular formula is C26H42O4S. The zero-order chi connectivity index (χ0) is 22.4. The zero-order valence-electron chi connectivity index (χ0n) is 19.6. The Labute approximate surface area is 190 Å². The van der Waals surface area contributed by atoms with Crippen molar-refractivity contribution in [1.82, 2.24) is 0 Å². The molecule has 0 unspecified atom stereocenters. The Morgan fingerprint density at radius 3 is 2.06 bits per heavy atom. The van der Waals surface area contributed by atoms with E-state index in [2.05, 4.69) is 19.1 Å². The van der Waals surface area contributed by atoms with Crippen LogP contribution in [-0.2, 0) is 19.0 Å². The highest BCUT2D eigenvalue weighted by Crippen LogP contribution is 2.28. The van der Waals surface area contributed by atoms with Gasteiger partial charge in [-0.1, -0.05) is 94.6 Å². The number of epoxide rings is 1. The number of hydrogen-bond donors (Lipinski definition) is 0. The summed E-state index contributed by atoms with van der Waals surface area (Å²) < 4.78 is 35.1. The summed E-state index contributed by atoms with van der Waals surface area (Å²) in [6.07, 6.45) is 21.3. The first-order chi connectivity index (χ1) is 15.0. The number of ether oxygens (including phenoxy) is 1. The maximum absolute atomic E-state index is 12.2. The summed E-state index contributed by atoms with van der Waals surface area (Å²) >= 11 is 0. The molecule has 31 heavy (non-hydrogen) atoms. The molecule has 1 saturated heterocycles. The maximum Gasteiger partial charge on any atom is 0.297 e. The van der Waals surface area contributed by atoms with E-state index in [0.29, 0.717) is 0 Å². The Bertz CT molecular complexity index is 724. The van der Waals surface area contributed by atoms with E-state index in [1.54, 1.807) is 24.3 Å². The normalized spacial score (nSPS) is 18.6. The smallest absolute Gasteiger partial charge is 0.297 e. The van der Waals surface area contributed by atoms with E-state index in [-0.39, 0.29) is 23.7 Å². The van der Waals surface area contributed by atoms with Gasteiger partial charge in [0.15, 0.2) is 0 Å². The van der Waals surface area contributed by atoms with Gasteiger partial charge in [-0.15, -0.1) is 0 Å². The monoisotopic (exact) mass is 450 g/mol. The van der Waals surface area contributed by atoms with E-state index in [4.69, 9.17) is 8.92 Å². The number of aryl methyl sites for hydroxylation is 1. The number of unbranched alkanes of at least 4 members (excludes halogenated alkanes) is 10. The second-order valence-corrected chi connectivity index (χ2v) is 10.4. The predicted molar refractivity (Wildman–Crippen MR) is 128 cm³/mol. The topological polar surface area (TPSA) is 55.9 Å². The fourth-order valence-corrected chi connectivity index (χ4v) is 4.67. The minimum atomic E-state index is -3.70. The standard InChI is InChI=1S/C26H42O4S/c1-3-4-5-6-7-8-9-10-11-12-13-14-15-16-17-25-26(30-25)22-29-31(27,28)24-20-18-23(2)19-21-24/h14-15,18-21,25-26H,3-13,16-17,22H2,1-2H3/b15-14+/t25-,26-/m0/s1. The second kappa shape index (κ2) is 14.8. The molecule has 0 amide bonds.